The molecule has 0 heterocycles. The monoisotopic (exact) mass is 314 g/mol. The van der Waals surface area contributed by atoms with Crippen molar-refractivity contribution in [1.29, 1.82) is 0 Å². The third-order valence-corrected chi connectivity index (χ3v) is 3.37. The van der Waals surface area contributed by atoms with E-state index in [1.807, 2.05) is 0 Å². The van der Waals surface area contributed by atoms with Crippen LogP contribution in [0.25, 0.3) is 0 Å². The molecule has 0 atom stereocenters. The summed E-state index contributed by atoms with van der Waals surface area (Å²) >= 11 is 11.3. The molecule has 0 bridgehead atoms. The van der Waals surface area contributed by atoms with Gasteiger partial charge in [-0.25, -0.2) is 8.78 Å². The molecule has 0 spiro atoms. The molecule has 2 aromatic carbocycles. The van der Waals surface area contributed by atoms with Crippen molar-refractivity contribution in [3.63, 3.8) is 0 Å². The number of hydrogen-bond donors (Lipinski definition) is 0. The molecule has 0 unspecified atom stereocenters. The van der Waals surface area contributed by atoms with E-state index in [1.165, 1.54) is 24.3 Å². The molecular formula is C14H6Cl2F2O2. The van der Waals surface area contributed by atoms with Gasteiger partial charge in [-0.3, -0.25) is 9.59 Å². The van der Waals surface area contributed by atoms with Crippen LogP contribution in [0.3, 0.4) is 0 Å². The fraction of sp³-hybridized carbons (Fsp3) is 0. The minimum atomic E-state index is -1.05. The number of Topliss-reactive ketones (excluding diaryl/α,β-unsaturated/α-hetero) is 2. The zero-order valence-corrected chi connectivity index (χ0v) is 11.3. The van der Waals surface area contributed by atoms with E-state index in [-0.39, 0.29) is 11.1 Å². The van der Waals surface area contributed by atoms with Crippen molar-refractivity contribution >= 4 is 34.8 Å². The minimum Gasteiger partial charge on any atom is -0.285 e. The molecule has 2 nitrogen and oxygen atoms in total. The van der Waals surface area contributed by atoms with Gasteiger partial charge in [-0.1, -0.05) is 35.3 Å². The number of carbonyl (C=O) groups is 2. The van der Waals surface area contributed by atoms with Crippen LogP contribution >= 0.6 is 23.2 Å². The number of hydrogen-bond acceptors (Lipinski definition) is 2. The summed E-state index contributed by atoms with van der Waals surface area (Å²) in [6, 6.07) is 7.01. The number of ketones is 2. The Hall–Kier alpha value is -1.78. The second-order valence-electron chi connectivity index (χ2n) is 3.86. The van der Waals surface area contributed by atoms with Crippen molar-refractivity contribution in [3.05, 3.63) is 69.2 Å². The first kappa shape index (κ1) is 14.6. The van der Waals surface area contributed by atoms with Crippen LogP contribution in [0.2, 0.25) is 10.0 Å². The fourth-order valence-electron chi connectivity index (χ4n) is 1.60. The van der Waals surface area contributed by atoms with Gasteiger partial charge in [0.15, 0.2) is 0 Å². The Labute approximate surface area is 122 Å². The molecule has 0 aliphatic rings. The van der Waals surface area contributed by atoms with Crippen molar-refractivity contribution in [2.75, 3.05) is 0 Å². The van der Waals surface area contributed by atoms with Gasteiger partial charge < -0.3 is 0 Å². The first-order valence-corrected chi connectivity index (χ1v) is 6.16. The minimum absolute atomic E-state index is 0.294. The van der Waals surface area contributed by atoms with E-state index in [4.69, 9.17) is 23.2 Å². The second-order valence-corrected chi connectivity index (χ2v) is 4.62. The molecule has 0 amide bonds. The van der Waals surface area contributed by atoms with Gasteiger partial charge in [-0.2, -0.15) is 0 Å². The highest BCUT2D eigenvalue weighted by atomic mass is 35.5. The molecule has 0 fully saturated rings. The maximum atomic E-state index is 13.3. The Bertz CT molecular complexity index is 653. The molecule has 2 aromatic rings. The van der Waals surface area contributed by atoms with Crippen LogP contribution in [0.15, 0.2) is 36.4 Å². The Morgan fingerprint density at radius 1 is 0.750 bits per heavy atom. The highest BCUT2D eigenvalue weighted by Crippen LogP contribution is 2.24. The van der Waals surface area contributed by atoms with E-state index in [0.717, 1.165) is 12.1 Å². The van der Waals surface area contributed by atoms with E-state index in [2.05, 4.69) is 0 Å². The SMILES string of the molecule is O=C(C(=O)c1cccc(F)c1Cl)c1cccc(F)c1Cl. The van der Waals surface area contributed by atoms with Crippen LogP contribution in [-0.2, 0) is 0 Å². The molecule has 0 aliphatic carbocycles. The molecule has 20 heavy (non-hydrogen) atoms. The average Bonchev–Trinajstić information content (AvgIpc) is 2.43. The smallest absolute Gasteiger partial charge is 0.235 e. The molecule has 0 saturated heterocycles. The summed E-state index contributed by atoms with van der Waals surface area (Å²) in [7, 11) is 0. The largest absolute Gasteiger partial charge is 0.285 e. The Balaban J connectivity index is 2.46. The summed E-state index contributed by atoms with van der Waals surface area (Å²) in [6.07, 6.45) is 0. The molecule has 102 valence electrons. The van der Waals surface area contributed by atoms with Gasteiger partial charge in [-0.05, 0) is 24.3 Å². The average molecular weight is 315 g/mol. The summed E-state index contributed by atoms with van der Waals surface area (Å²) < 4.78 is 26.5. The van der Waals surface area contributed by atoms with Gasteiger partial charge >= 0.3 is 0 Å². The zero-order valence-electron chi connectivity index (χ0n) is 9.79. The van der Waals surface area contributed by atoms with Gasteiger partial charge in [0.1, 0.15) is 11.6 Å². The number of carbonyl (C=O) groups excluding carboxylic acids is 2. The lowest BCUT2D eigenvalue weighted by atomic mass is 10.0. The molecule has 2 rings (SSSR count). The molecule has 0 saturated carbocycles. The normalized spacial score (nSPS) is 10.4. The first-order valence-electron chi connectivity index (χ1n) is 5.40. The number of rotatable bonds is 3. The van der Waals surface area contributed by atoms with Crippen molar-refractivity contribution < 1.29 is 18.4 Å². The topological polar surface area (TPSA) is 34.1 Å². The molecule has 0 N–H and O–H groups in total. The maximum absolute atomic E-state index is 13.3. The standard InChI is InChI=1S/C14H6Cl2F2O2/c15-11-7(3-1-5-9(11)17)13(19)14(20)8-4-2-6-10(18)12(8)16/h1-6H. The zero-order chi connectivity index (χ0) is 14.9. The van der Waals surface area contributed by atoms with Gasteiger partial charge in [0.05, 0.1) is 10.0 Å². The highest BCUT2D eigenvalue weighted by molar-refractivity contribution is 6.54. The Kier molecular flexibility index (Phi) is 4.16. The number of benzene rings is 2. The lowest BCUT2D eigenvalue weighted by molar-refractivity contribution is 0.0816. The third-order valence-electron chi connectivity index (χ3n) is 2.60. The molecular weight excluding hydrogens is 309 g/mol. The molecule has 0 aromatic heterocycles. The molecule has 6 heteroatoms. The molecule has 0 aliphatic heterocycles. The maximum Gasteiger partial charge on any atom is 0.235 e. The van der Waals surface area contributed by atoms with Gasteiger partial charge in [0.25, 0.3) is 0 Å². The van der Waals surface area contributed by atoms with Crippen LogP contribution in [0, 0.1) is 11.6 Å². The summed E-state index contributed by atoms with van der Waals surface area (Å²) in [5.74, 6) is -3.75. The van der Waals surface area contributed by atoms with Gasteiger partial charge in [0.2, 0.25) is 11.6 Å². The van der Waals surface area contributed by atoms with E-state index in [0.29, 0.717) is 0 Å². The van der Waals surface area contributed by atoms with E-state index < -0.39 is 33.2 Å². The Morgan fingerprint density at radius 2 is 1.10 bits per heavy atom. The molecule has 0 radical (unpaired) electrons. The predicted octanol–water partition coefficient (Wildman–Crippen LogP) is 4.34. The third kappa shape index (κ3) is 2.57. The van der Waals surface area contributed by atoms with Crippen molar-refractivity contribution in [2.24, 2.45) is 0 Å². The highest BCUT2D eigenvalue weighted by Gasteiger charge is 2.24. The lowest BCUT2D eigenvalue weighted by Crippen LogP contribution is -2.16. The first-order chi connectivity index (χ1) is 9.43. The summed E-state index contributed by atoms with van der Waals surface area (Å²) in [6.45, 7) is 0. The van der Waals surface area contributed by atoms with Gasteiger partial charge in [0, 0.05) is 11.1 Å². The van der Waals surface area contributed by atoms with Crippen LogP contribution in [0.1, 0.15) is 20.7 Å². The fourth-order valence-corrected chi connectivity index (χ4v) is 2.03. The van der Waals surface area contributed by atoms with Crippen LogP contribution in [0.4, 0.5) is 8.78 Å². The van der Waals surface area contributed by atoms with Crippen molar-refractivity contribution in [1.82, 2.24) is 0 Å². The quantitative estimate of drug-likeness (QED) is 0.624. The second kappa shape index (κ2) is 5.69. The summed E-state index contributed by atoms with van der Waals surface area (Å²) in [4.78, 5) is 24.0. The predicted molar refractivity (Wildman–Crippen MR) is 71.5 cm³/mol. The lowest BCUT2D eigenvalue weighted by Gasteiger charge is -2.05. The van der Waals surface area contributed by atoms with E-state index in [9.17, 15) is 18.4 Å². The van der Waals surface area contributed by atoms with Crippen LogP contribution in [0.5, 0.6) is 0 Å². The van der Waals surface area contributed by atoms with Gasteiger partial charge in [-0.15, -0.1) is 0 Å². The van der Waals surface area contributed by atoms with E-state index in [1.54, 1.807) is 0 Å². The van der Waals surface area contributed by atoms with Crippen molar-refractivity contribution in [3.8, 4) is 0 Å². The summed E-state index contributed by atoms with van der Waals surface area (Å²) in [5.41, 5.74) is -0.589. The van der Waals surface area contributed by atoms with E-state index >= 15 is 0 Å². The van der Waals surface area contributed by atoms with Crippen LogP contribution < -0.4 is 0 Å². The number of halogens is 4. The summed E-state index contributed by atoms with van der Waals surface area (Å²) in [5, 5.41) is -0.920. The van der Waals surface area contributed by atoms with Crippen LogP contribution in [-0.4, -0.2) is 11.6 Å². The van der Waals surface area contributed by atoms with Crippen molar-refractivity contribution in [2.45, 2.75) is 0 Å². The Morgan fingerprint density at radius 3 is 1.45 bits per heavy atom.